The Balaban J connectivity index is 1.46. The maximum atomic E-state index is 5.23. The van der Waals surface area contributed by atoms with Crippen LogP contribution in [0.1, 0.15) is 5.82 Å². The molecular formula is C21H18N7O+. The van der Waals surface area contributed by atoms with E-state index in [4.69, 9.17) is 9.84 Å². The van der Waals surface area contributed by atoms with Crippen molar-refractivity contribution >= 4 is 22.4 Å². The predicted molar refractivity (Wildman–Crippen MR) is 108 cm³/mol. The Bertz CT molecular complexity index is 1300. The van der Waals surface area contributed by atoms with Gasteiger partial charge >= 0.3 is 5.65 Å². The second kappa shape index (κ2) is 7.16. The number of pyridine rings is 2. The molecule has 5 aromatic rings. The highest BCUT2D eigenvalue weighted by Crippen LogP contribution is 2.23. The molecule has 5 rings (SSSR count). The number of ether oxygens (including phenoxy) is 1. The van der Waals surface area contributed by atoms with Gasteiger partial charge in [-0.1, -0.05) is 34.8 Å². The van der Waals surface area contributed by atoms with Crippen molar-refractivity contribution in [1.82, 2.24) is 25.3 Å². The largest absolute Gasteiger partial charge is 0.495 e. The molecule has 2 N–H and O–H groups in total. The maximum absolute atomic E-state index is 5.23. The van der Waals surface area contributed by atoms with E-state index in [1.807, 2.05) is 59.1 Å². The number of aromatic nitrogens is 6. The third-order valence-electron chi connectivity index (χ3n) is 4.67. The van der Waals surface area contributed by atoms with Crippen LogP contribution in [0.4, 0.5) is 5.69 Å². The Labute approximate surface area is 166 Å². The third-order valence-corrected chi connectivity index (χ3v) is 4.67. The second-order valence-corrected chi connectivity index (χ2v) is 6.48. The number of aromatic amines is 1. The minimum absolute atomic E-state index is 0.499. The fourth-order valence-corrected chi connectivity index (χ4v) is 3.19. The first kappa shape index (κ1) is 17.1. The average Bonchev–Trinajstić information content (AvgIpc) is 3.20. The molecule has 0 aliphatic heterocycles. The van der Waals surface area contributed by atoms with Crippen molar-refractivity contribution < 1.29 is 9.25 Å². The van der Waals surface area contributed by atoms with Gasteiger partial charge in [0.15, 0.2) is 0 Å². The van der Waals surface area contributed by atoms with E-state index in [0.29, 0.717) is 12.3 Å². The summed E-state index contributed by atoms with van der Waals surface area (Å²) in [4.78, 5) is 8.84. The molecule has 8 nitrogen and oxygen atoms in total. The van der Waals surface area contributed by atoms with Crippen molar-refractivity contribution in [3.05, 3.63) is 72.8 Å². The summed E-state index contributed by atoms with van der Waals surface area (Å²) < 4.78 is 7.04. The van der Waals surface area contributed by atoms with E-state index in [1.54, 1.807) is 19.5 Å². The van der Waals surface area contributed by atoms with Gasteiger partial charge in [0.2, 0.25) is 0 Å². The molecule has 1 aromatic carbocycles. The van der Waals surface area contributed by atoms with Gasteiger partial charge in [-0.05, 0) is 12.1 Å². The lowest BCUT2D eigenvalue weighted by Crippen LogP contribution is -2.31. The third kappa shape index (κ3) is 3.20. The minimum Gasteiger partial charge on any atom is -0.495 e. The number of hydrogen-bond acceptors (Lipinski definition) is 6. The number of nitrogens with zero attached hydrogens (tertiary/aromatic N) is 5. The molecule has 0 amide bonds. The van der Waals surface area contributed by atoms with Gasteiger partial charge in [-0.3, -0.25) is 4.98 Å². The van der Waals surface area contributed by atoms with Crippen molar-refractivity contribution in [2.75, 3.05) is 12.4 Å². The van der Waals surface area contributed by atoms with Crippen LogP contribution < -0.4 is 14.6 Å². The van der Waals surface area contributed by atoms with Crippen LogP contribution in [0.2, 0.25) is 0 Å². The van der Waals surface area contributed by atoms with Gasteiger partial charge in [-0.25, -0.2) is 4.98 Å². The van der Waals surface area contributed by atoms with Crippen molar-refractivity contribution in [2.24, 2.45) is 0 Å². The van der Waals surface area contributed by atoms with E-state index < -0.39 is 0 Å². The van der Waals surface area contributed by atoms with Crippen molar-refractivity contribution in [2.45, 2.75) is 6.54 Å². The Hall–Kier alpha value is -4.07. The normalized spacial score (nSPS) is 11.1. The van der Waals surface area contributed by atoms with Crippen LogP contribution in [0.5, 0.6) is 5.75 Å². The molecule has 4 heterocycles. The van der Waals surface area contributed by atoms with Crippen LogP contribution in [0.15, 0.2) is 67.0 Å². The standard InChI is InChI=1S/C21H17N7O/c1-29-15-11-18-21(24-12-15)17(9-10-22-18)23-13-20-26-25-19-8-7-16(27-28(19)20)14-5-3-2-4-6-14/h2-12H,13H2,1H3,(H,22,23)/p+1. The smallest absolute Gasteiger partial charge is 0.325 e. The Morgan fingerprint density at radius 3 is 2.83 bits per heavy atom. The second-order valence-electron chi connectivity index (χ2n) is 6.48. The summed E-state index contributed by atoms with van der Waals surface area (Å²) in [6.45, 7) is 0.499. The number of anilines is 1. The number of methoxy groups -OCH3 is 1. The van der Waals surface area contributed by atoms with Crippen LogP contribution in [0, 0.1) is 0 Å². The van der Waals surface area contributed by atoms with Gasteiger partial charge in [-0.15, -0.1) is 10.2 Å². The maximum Gasteiger partial charge on any atom is 0.325 e. The van der Waals surface area contributed by atoms with Crippen LogP contribution in [0.3, 0.4) is 0 Å². The Morgan fingerprint density at radius 2 is 1.97 bits per heavy atom. The first-order valence-corrected chi connectivity index (χ1v) is 9.16. The van der Waals surface area contributed by atoms with Gasteiger partial charge in [0.25, 0.3) is 5.82 Å². The Kier molecular flexibility index (Phi) is 4.21. The molecule has 0 unspecified atom stereocenters. The number of H-pyrrole nitrogens is 1. The molecule has 0 fully saturated rings. The molecule has 8 heteroatoms. The highest BCUT2D eigenvalue weighted by Gasteiger charge is 2.16. The topological polar surface area (TPSA) is 92.7 Å². The number of hydrogen-bond donors (Lipinski definition) is 2. The van der Waals surface area contributed by atoms with Crippen molar-refractivity contribution in [3.63, 3.8) is 0 Å². The van der Waals surface area contributed by atoms with Gasteiger partial charge in [-0.2, -0.15) is 0 Å². The summed E-state index contributed by atoms with van der Waals surface area (Å²) in [5, 5.41) is 15.5. The molecule has 0 aliphatic rings. The van der Waals surface area contributed by atoms with Crippen LogP contribution >= 0.6 is 0 Å². The molecule has 0 atom stereocenters. The zero-order valence-electron chi connectivity index (χ0n) is 15.7. The van der Waals surface area contributed by atoms with E-state index in [-0.39, 0.29) is 0 Å². The zero-order chi connectivity index (χ0) is 19.6. The predicted octanol–water partition coefficient (Wildman–Crippen LogP) is 2.77. The number of fused-ring (bicyclic) bond motifs is 2. The fourth-order valence-electron chi connectivity index (χ4n) is 3.19. The monoisotopic (exact) mass is 384 g/mol. The van der Waals surface area contributed by atoms with E-state index in [9.17, 15) is 0 Å². The van der Waals surface area contributed by atoms with Crippen molar-refractivity contribution in [1.29, 1.82) is 0 Å². The summed E-state index contributed by atoms with van der Waals surface area (Å²) in [5.74, 6) is 1.51. The lowest BCUT2D eigenvalue weighted by Gasteiger charge is -2.07. The molecule has 0 saturated carbocycles. The van der Waals surface area contributed by atoms with Crippen LogP contribution in [-0.2, 0) is 6.54 Å². The lowest BCUT2D eigenvalue weighted by molar-refractivity contribution is -0.588. The molecule has 0 radical (unpaired) electrons. The molecule has 29 heavy (non-hydrogen) atoms. The summed E-state index contributed by atoms with van der Waals surface area (Å²) >= 11 is 0. The van der Waals surface area contributed by atoms with Gasteiger partial charge < -0.3 is 10.1 Å². The number of nitrogens with one attached hydrogen (secondary N) is 2. The number of rotatable bonds is 5. The zero-order valence-corrected chi connectivity index (χ0v) is 15.7. The van der Waals surface area contributed by atoms with E-state index >= 15 is 0 Å². The van der Waals surface area contributed by atoms with Crippen molar-refractivity contribution in [3.8, 4) is 17.0 Å². The summed E-state index contributed by atoms with van der Waals surface area (Å²) in [6, 6.07) is 17.7. The molecule has 0 aliphatic carbocycles. The van der Waals surface area contributed by atoms with Gasteiger partial charge in [0.05, 0.1) is 24.5 Å². The first-order chi connectivity index (χ1) is 14.3. The Morgan fingerprint density at radius 1 is 1.07 bits per heavy atom. The van der Waals surface area contributed by atoms with Crippen LogP contribution in [-0.4, -0.2) is 32.4 Å². The van der Waals surface area contributed by atoms with Gasteiger partial charge in [0, 0.05) is 29.0 Å². The number of benzene rings is 1. The van der Waals surface area contributed by atoms with E-state index in [1.165, 1.54) is 0 Å². The highest BCUT2D eigenvalue weighted by molar-refractivity contribution is 5.87. The lowest BCUT2D eigenvalue weighted by atomic mass is 10.1. The van der Waals surface area contributed by atoms with E-state index in [0.717, 1.165) is 39.4 Å². The minimum atomic E-state index is 0.499. The van der Waals surface area contributed by atoms with Gasteiger partial charge in [0.1, 0.15) is 23.5 Å². The molecule has 0 saturated heterocycles. The fraction of sp³-hybridized carbons (Fsp3) is 0.0952. The average molecular weight is 384 g/mol. The first-order valence-electron chi connectivity index (χ1n) is 9.16. The SMILES string of the molecule is COc1cnc2c(NCc3[nH]nc4ccc(-c5ccccc5)n[n+]34)ccnc2c1. The summed E-state index contributed by atoms with van der Waals surface area (Å²) in [7, 11) is 1.61. The highest BCUT2D eigenvalue weighted by atomic mass is 16.5. The summed E-state index contributed by atoms with van der Waals surface area (Å²) in [6.07, 6.45) is 3.43. The molecular weight excluding hydrogens is 366 g/mol. The van der Waals surface area contributed by atoms with E-state index in [2.05, 4.69) is 25.5 Å². The van der Waals surface area contributed by atoms with Crippen LogP contribution in [0.25, 0.3) is 27.9 Å². The summed E-state index contributed by atoms with van der Waals surface area (Å²) in [5.41, 5.74) is 5.11. The molecule has 142 valence electrons. The quantitative estimate of drug-likeness (QED) is 0.453. The molecule has 0 bridgehead atoms. The molecule has 0 spiro atoms. The molecule has 4 aromatic heterocycles.